The number of rotatable bonds is 2. The molecule has 1 aromatic carbocycles. The van der Waals surface area contributed by atoms with Gasteiger partial charge in [0.1, 0.15) is 14.0 Å². The molecular formula is C15H10N2S3. The van der Waals surface area contributed by atoms with Gasteiger partial charge in [-0.05, 0) is 18.4 Å². The molecule has 0 aliphatic heterocycles. The van der Waals surface area contributed by atoms with Crippen LogP contribution in [-0.2, 0) is 0 Å². The molecule has 4 rings (SSSR count). The van der Waals surface area contributed by atoms with Crippen LogP contribution in [-0.4, -0.2) is 9.97 Å². The maximum atomic E-state index is 4.67. The van der Waals surface area contributed by atoms with Crippen molar-refractivity contribution in [2.24, 2.45) is 0 Å². The van der Waals surface area contributed by atoms with E-state index in [4.69, 9.17) is 0 Å². The minimum absolute atomic E-state index is 0.874. The van der Waals surface area contributed by atoms with Crippen molar-refractivity contribution in [3.63, 3.8) is 0 Å². The molecule has 0 amide bonds. The summed E-state index contributed by atoms with van der Waals surface area (Å²) in [5.41, 5.74) is 3.31. The van der Waals surface area contributed by atoms with E-state index in [-0.39, 0.29) is 0 Å². The van der Waals surface area contributed by atoms with Gasteiger partial charge in [-0.15, -0.1) is 34.0 Å². The summed E-state index contributed by atoms with van der Waals surface area (Å²) in [5, 5.41) is 4.20. The van der Waals surface area contributed by atoms with E-state index >= 15 is 0 Å². The lowest BCUT2D eigenvalue weighted by Gasteiger charge is -1.96. The van der Waals surface area contributed by atoms with E-state index in [9.17, 15) is 0 Å². The lowest BCUT2D eigenvalue weighted by Crippen LogP contribution is -1.77. The molecule has 0 saturated carbocycles. The Labute approximate surface area is 128 Å². The van der Waals surface area contributed by atoms with Crippen molar-refractivity contribution in [3.05, 3.63) is 47.3 Å². The van der Waals surface area contributed by atoms with Crippen LogP contribution >= 0.6 is 34.0 Å². The van der Waals surface area contributed by atoms with Crippen LogP contribution in [0.1, 0.15) is 5.56 Å². The molecule has 0 spiro atoms. The molecule has 0 bridgehead atoms. The summed E-state index contributed by atoms with van der Waals surface area (Å²) in [5.74, 6) is 0. The summed E-state index contributed by atoms with van der Waals surface area (Å²) in [6.45, 7) is 2.10. The average molecular weight is 314 g/mol. The van der Waals surface area contributed by atoms with E-state index in [1.54, 1.807) is 34.0 Å². The lowest BCUT2D eigenvalue weighted by molar-refractivity contribution is 1.37. The first kappa shape index (κ1) is 12.2. The van der Waals surface area contributed by atoms with Crippen LogP contribution < -0.4 is 0 Å². The van der Waals surface area contributed by atoms with Gasteiger partial charge in [0.15, 0.2) is 5.65 Å². The highest BCUT2D eigenvalue weighted by Gasteiger charge is 2.13. The lowest BCUT2D eigenvalue weighted by atomic mass is 10.2. The van der Waals surface area contributed by atoms with Gasteiger partial charge in [0.05, 0.1) is 4.88 Å². The van der Waals surface area contributed by atoms with Gasteiger partial charge in [-0.3, -0.25) is 0 Å². The summed E-state index contributed by atoms with van der Waals surface area (Å²) < 4.78 is 1.20. The molecule has 0 unspecified atom stereocenters. The Hall–Kier alpha value is -1.56. The highest BCUT2D eigenvalue weighted by Crippen LogP contribution is 2.38. The van der Waals surface area contributed by atoms with E-state index in [2.05, 4.69) is 58.7 Å². The number of nitrogens with zero attached hydrogens (tertiary/aromatic N) is 2. The second-order valence-electron chi connectivity index (χ2n) is 4.49. The Morgan fingerprint density at radius 2 is 1.65 bits per heavy atom. The summed E-state index contributed by atoms with van der Waals surface area (Å²) in [4.78, 5) is 10.5. The molecule has 0 atom stereocenters. The van der Waals surface area contributed by atoms with Crippen LogP contribution in [0.3, 0.4) is 0 Å². The number of fused-ring (bicyclic) bond motifs is 1. The number of thiazole rings is 2. The summed E-state index contributed by atoms with van der Waals surface area (Å²) in [6.07, 6.45) is 0. The second kappa shape index (κ2) is 4.77. The maximum absolute atomic E-state index is 4.67. The molecule has 3 heterocycles. The van der Waals surface area contributed by atoms with Crippen molar-refractivity contribution in [1.29, 1.82) is 0 Å². The highest BCUT2D eigenvalue weighted by atomic mass is 32.2. The van der Waals surface area contributed by atoms with Crippen molar-refractivity contribution in [1.82, 2.24) is 9.97 Å². The third kappa shape index (κ3) is 2.08. The quantitative estimate of drug-likeness (QED) is 0.491. The number of hydrogen-bond donors (Lipinski definition) is 0. The van der Waals surface area contributed by atoms with Gasteiger partial charge >= 0.3 is 0 Å². The fraction of sp³-hybridized carbons (Fsp3) is 0.0667. The molecule has 0 radical (unpaired) electrons. The zero-order valence-electron chi connectivity index (χ0n) is 10.7. The third-order valence-electron chi connectivity index (χ3n) is 3.01. The van der Waals surface area contributed by atoms with Crippen molar-refractivity contribution in [2.75, 3.05) is 0 Å². The van der Waals surface area contributed by atoms with E-state index in [1.807, 2.05) is 0 Å². The first-order chi connectivity index (χ1) is 9.79. The fourth-order valence-electron chi connectivity index (χ4n) is 1.97. The minimum atomic E-state index is 0.874. The van der Waals surface area contributed by atoms with Crippen LogP contribution in [0.25, 0.3) is 30.1 Å². The Morgan fingerprint density at radius 3 is 2.35 bits per heavy atom. The van der Waals surface area contributed by atoms with Gasteiger partial charge in [-0.25, -0.2) is 9.97 Å². The molecule has 0 saturated heterocycles. The Bertz CT molecular complexity index is 823. The number of benzene rings is 1. The van der Waals surface area contributed by atoms with Crippen LogP contribution in [0.2, 0.25) is 0 Å². The summed E-state index contributed by atoms with van der Waals surface area (Å²) in [7, 11) is 0. The number of aromatic nitrogens is 2. The van der Waals surface area contributed by atoms with E-state index < -0.39 is 0 Å². The molecule has 0 aliphatic carbocycles. The van der Waals surface area contributed by atoms with Crippen LogP contribution in [0.5, 0.6) is 0 Å². The predicted molar refractivity (Wildman–Crippen MR) is 88.8 cm³/mol. The van der Waals surface area contributed by atoms with Crippen LogP contribution in [0, 0.1) is 6.92 Å². The molecule has 0 aliphatic rings. The molecule has 20 heavy (non-hydrogen) atoms. The van der Waals surface area contributed by atoms with Crippen LogP contribution in [0.15, 0.2) is 41.8 Å². The van der Waals surface area contributed by atoms with Gasteiger partial charge < -0.3 is 0 Å². The number of hydrogen-bond acceptors (Lipinski definition) is 5. The Balaban J connectivity index is 1.77. The molecule has 4 aromatic rings. The van der Waals surface area contributed by atoms with Crippen molar-refractivity contribution < 1.29 is 0 Å². The third-order valence-corrected chi connectivity index (χ3v) is 6.27. The Morgan fingerprint density at radius 1 is 0.900 bits per heavy atom. The van der Waals surface area contributed by atoms with Crippen molar-refractivity contribution in [3.8, 4) is 20.5 Å². The van der Waals surface area contributed by atoms with Crippen LogP contribution in [0.4, 0.5) is 0 Å². The topological polar surface area (TPSA) is 25.8 Å². The predicted octanol–water partition coefficient (Wildman–Crippen LogP) is 5.46. The SMILES string of the molecule is Cc1ccc(-c2nc3nc(-c4cccs4)sc3s2)cc1. The van der Waals surface area contributed by atoms with Gasteiger partial charge in [-0.2, -0.15) is 0 Å². The van der Waals surface area contributed by atoms with E-state index in [0.29, 0.717) is 0 Å². The van der Waals surface area contributed by atoms with Gasteiger partial charge in [0.25, 0.3) is 0 Å². The monoisotopic (exact) mass is 314 g/mol. The highest BCUT2D eigenvalue weighted by molar-refractivity contribution is 7.41. The zero-order valence-corrected chi connectivity index (χ0v) is 13.1. The molecule has 0 N–H and O–H groups in total. The smallest absolute Gasteiger partial charge is 0.182 e. The zero-order chi connectivity index (χ0) is 13.5. The molecule has 0 fully saturated rings. The summed E-state index contributed by atoms with van der Waals surface area (Å²) >= 11 is 5.17. The standard InChI is InChI=1S/C15H10N2S3/c1-9-4-6-10(7-5-9)13-16-12-15(19-13)20-14(17-12)11-3-2-8-18-11/h2-8H,1H3. The van der Waals surface area contributed by atoms with Crippen molar-refractivity contribution in [2.45, 2.75) is 6.92 Å². The molecule has 5 heteroatoms. The van der Waals surface area contributed by atoms with Crippen molar-refractivity contribution >= 4 is 43.7 Å². The minimum Gasteiger partial charge on any atom is -0.215 e. The second-order valence-corrected chi connectivity index (χ2v) is 7.70. The Kier molecular flexibility index (Phi) is 2.91. The normalized spacial score (nSPS) is 11.2. The van der Waals surface area contributed by atoms with E-state index in [0.717, 1.165) is 15.7 Å². The average Bonchev–Trinajstić information content (AvgIpc) is 3.14. The molecule has 3 aromatic heterocycles. The first-order valence-corrected chi connectivity index (χ1v) is 8.69. The van der Waals surface area contributed by atoms with E-state index in [1.165, 1.54) is 20.0 Å². The number of thiophene rings is 1. The van der Waals surface area contributed by atoms with Gasteiger partial charge in [0.2, 0.25) is 0 Å². The molecular weight excluding hydrogens is 304 g/mol. The maximum Gasteiger partial charge on any atom is 0.182 e. The summed E-state index contributed by atoms with van der Waals surface area (Å²) in [6, 6.07) is 12.6. The van der Waals surface area contributed by atoms with Gasteiger partial charge in [0, 0.05) is 5.56 Å². The molecule has 98 valence electrons. The largest absolute Gasteiger partial charge is 0.215 e. The molecule has 2 nitrogen and oxygen atoms in total. The first-order valence-electron chi connectivity index (χ1n) is 6.18. The van der Waals surface area contributed by atoms with Gasteiger partial charge in [-0.1, -0.05) is 35.9 Å². The fourth-order valence-corrected chi connectivity index (χ4v) is 4.89. The number of aryl methyl sites for hydroxylation is 1.